The Morgan fingerprint density at radius 2 is 1.85 bits per heavy atom. The largest absolute Gasteiger partial charge is 0.497 e. The smallest absolute Gasteiger partial charge is 0.407 e. The second kappa shape index (κ2) is 13.8. The number of benzene rings is 2. The number of amides is 1. The monoisotopic (exact) mass is 588 g/mol. The number of aliphatic hydroxyl groups is 1. The van der Waals surface area contributed by atoms with Crippen LogP contribution >= 0.6 is 0 Å². The fraction of sp³-hybridized carbons (Fsp3) is 0.500. The van der Waals surface area contributed by atoms with Gasteiger partial charge in [-0.25, -0.2) is 13.2 Å². The quantitative estimate of drug-likeness (QED) is 0.365. The van der Waals surface area contributed by atoms with Crippen LogP contribution < -0.4 is 10.1 Å². The predicted octanol–water partition coefficient (Wildman–Crippen LogP) is 3.44. The lowest BCUT2D eigenvalue weighted by molar-refractivity contribution is -0.0907. The first kappa shape index (κ1) is 31.0. The molecule has 0 aliphatic carbocycles. The van der Waals surface area contributed by atoms with Crippen LogP contribution in [0.4, 0.5) is 4.79 Å². The Hall–Kier alpha value is -2.96. The molecule has 10 nitrogen and oxygen atoms in total. The maximum Gasteiger partial charge on any atom is 0.407 e. The van der Waals surface area contributed by atoms with Gasteiger partial charge in [0.1, 0.15) is 11.9 Å². The van der Waals surface area contributed by atoms with Crippen molar-refractivity contribution < 1.29 is 37.3 Å². The van der Waals surface area contributed by atoms with E-state index in [1.165, 1.54) is 23.5 Å². The minimum atomic E-state index is -3.96. The van der Waals surface area contributed by atoms with E-state index in [-0.39, 0.29) is 49.1 Å². The van der Waals surface area contributed by atoms with E-state index >= 15 is 0 Å². The van der Waals surface area contributed by atoms with Crippen molar-refractivity contribution in [3.63, 3.8) is 0 Å². The van der Waals surface area contributed by atoms with Gasteiger partial charge in [0.15, 0.2) is 6.29 Å². The van der Waals surface area contributed by atoms with Gasteiger partial charge in [0.25, 0.3) is 0 Å². The zero-order valence-corrected chi connectivity index (χ0v) is 24.6. The van der Waals surface area contributed by atoms with Crippen molar-refractivity contribution in [2.75, 3.05) is 33.4 Å². The lowest BCUT2D eigenvalue weighted by Gasteiger charge is -2.31. The van der Waals surface area contributed by atoms with Crippen molar-refractivity contribution in [2.45, 2.75) is 56.1 Å². The molecular weight excluding hydrogens is 548 g/mol. The molecule has 2 aliphatic heterocycles. The van der Waals surface area contributed by atoms with Crippen LogP contribution in [0.2, 0.25) is 0 Å². The lowest BCUT2D eigenvalue weighted by atomic mass is 10.00. The average molecular weight is 589 g/mol. The summed E-state index contributed by atoms with van der Waals surface area (Å²) in [6, 6.07) is 12.8. The third-order valence-corrected chi connectivity index (χ3v) is 9.18. The molecule has 0 saturated carbocycles. The molecule has 0 radical (unpaired) electrons. The number of carbonyl (C=O) groups excluding carboxylic acids is 1. The molecule has 0 aromatic heterocycles. The van der Waals surface area contributed by atoms with E-state index in [1.807, 2.05) is 38.1 Å². The highest BCUT2D eigenvalue weighted by atomic mass is 32.2. The van der Waals surface area contributed by atoms with Crippen LogP contribution in [-0.2, 0) is 30.7 Å². The van der Waals surface area contributed by atoms with Crippen molar-refractivity contribution in [2.24, 2.45) is 11.8 Å². The summed E-state index contributed by atoms with van der Waals surface area (Å²) in [6.45, 7) is 8.32. The normalized spacial score (nSPS) is 21.9. The number of aliphatic hydroxyl groups excluding tert-OH is 1. The highest BCUT2D eigenvalue weighted by Crippen LogP contribution is 2.33. The molecule has 2 aliphatic rings. The van der Waals surface area contributed by atoms with E-state index in [1.54, 1.807) is 18.2 Å². The average Bonchev–Trinajstić information content (AvgIpc) is 3.57. The van der Waals surface area contributed by atoms with Gasteiger partial charge in [0.05, 0.1) is 43.3 Å². The number of hydrogen-bond donors (Lipinski definition) is 2. The van der Waals surface area contributed by atoms with E-state index < -0.39 is 34.4 Å². The minimum absolute atomic E-state index is 0.0120. The van der Waals surface area contributed by atoms with Gasteiger partial charge in [-0.05, 0) is 54.2 Å². The fourth-order valence-electron chi connectivity index (χ4n) is 5.11. The highest BCUT2D eigenvalue weighted by molar-refractivity contribution is 7.89. The zero-order valence-electron chi connectivity index (χ0n) is 23.8. The SMILES string of the molecule is C=Cc1ccc(C[C@H](NC(=O)O[C@H]2CO[C@H]3OCC[C@H]32)[C@H](O)CN(CC(C)C)S(=O)(=O)c2ccc(OC)cc2)cc1. The second-order valence-corrected chi connectivity index (χ2v) is 12.8. The van der Waals surface area contributed by atoms with Gasteiger partial charge in [-0.2, -0.15) is 4.31 Å². The number of hydrogen-bond acceptors (Lipinski definition) is 8. The van der Waals surface area contributed by atoms with Gasteiger partial charge < -0.3 is 29.4 Å². The minimum Gasteiger partial charge on any atom is -0.497 e. The highest BCUT2D eigenvalue weighted by Gasteiger charge is 2.44. The third-order valence-electron chi connectivity index (χ3n) is 7.34. The van der Waals surface area contributed by atoms with Crippen molar-refractivity contribution in [3.8, 4) is 5.75 Å². The Labute approximate surface area is 242 Å². The zero-order chi connectivity index (χ0) is 29.6. The molecular formula is C30H40N2O8S. The number of carbonyl (C=O) groups is 1. The maximum atomic E-state index is 13.6. The first-order chi connectivity index (χ1) is 19.6. The van der Waals surface area contributed by atoms with Gasteiger partial charge >= 0.3 is 6.09 Å². The van der Waals surface area contributed by atoms with Gasteiger partial charge in [-0.15, -0.1) is 0 Å². The van der Waals surface area contributed by atoms with E-state index in [9.17, 15) is 18.3 Å². The van der Waals surface area contributed by atoms with Gasteiger partial charge in [-0.1, -0.05) is 50.8 Å². The number of ether oxygens (including phenoxy) is 4. The van der Waals surface area contributed by atoms with E-state index in [0.717, 1.165) is 17.5 Å². The lowest BCUT2D eigenvalue weighted by Crippen LogP contribution is -2.51. The molecule has 1 amide bonds. The molecule has 0 unspecified atom stereocenters. The van der Waals surface area contributed by atoms with Gasteiger partial charge in [-0.3, -0.25) is 0 Å². The third kappa shape index (κ3) is 7.87. The maximum absolute atomic E-state index is 13.6. The first-order valence-electron chi connectivity index (χ1n) is 13.8. The Morgan fingerprint density at radius 3 is 2.49 bits per heavy atom. The van der Waals surface area contributed by atoms with E-state index in [4.69, 9.17) is 18.9 Å². The van der Waals surface area contributed by atoms with Crippen molar-refractivity contribution in [1.82, 2.24) is 9.62 Å². The molecule has 11 heteroatoms. The number of fused-ring (bicyclic) bond motifs is 1. The standard InChI is InChI=1S/C30H40N2O8S/c1-5-21-6-8-22(9-7-21)16-26(31-30(34)40-28-19-39-29-25(28)14-15-38-29)27(33)18-32(17-20(2)3)41(35,36)24-12-10-23(37-4)11-13-24/h5-13,20,25-29,33H,1,14-19H2,2-4H3,(H,31,34)/t25-,26-,27+,28-,29+/m0/s1. The predicted molar refractivity (Wildman–Crippen MR) is 154 cm³/mol. The van der Waals surface area contributed by atoms with Crippen molar-refractivity contribution in [1.29, 1.82) is 0 Å². The molecule has 2 fully saturated rings. The molecule has 5 atom stereocenters. The molecule has 0 bridgehead atoms. The van der Waals surface area contributed by atoms with Crippen molar-refractivity contribution >= 4 is 22.2 Å². The Morgan fingerprint density at radius 1 is 1.15 bits per heavy atom. The van der Waals surface area contributed by atoms with Crippen LogP contribution in [-0.4, -0.2) is 81.9 Å². The van der Waals surface area contributed by atoms with Crippen LogP contribution in [0, 0.1) is 11.8 Å². The molecule has 2 heterocycles. The Kier molecular flexibility index (Phi) is 10.4. The summed E-state index contributed by atoms with van der Waals surface area (Å²) in [4.78, 5) is 13.1. The van der Waals surface area contributed by atoms with Crippen LogP contribution in [0.1, 0.15) is 31.4 Å². The number of sulfonamides is 1. The molecule has 0 spiro atoms. The molecule has 2 aromatic carbocycles. The van der Waals surface area contributed by atoms with Crippen LogP contribution in [0.15, 0.2) is 60.0 Å². The number of rotatable bonds is 13. The number of nitrogens with one attached hydrogen (secondary N) is 1. The van der Waals surface area contributed by atoms with Gasteiger partial charge in [0.2, 0.25) is 10.0 Å². The molecule has 2 saturated heterocycles. The summed E-state index contributed by atoms with van der Waals surface area (Å²) in [7, 11) is -2.45. The molecule has 2 aromatic rings. The van der Waals surface area contributed by atoms with Gasteiger partial charge in [0, 0.05) is 13.1 Å². The summed E-state index contributed by atoms with van der Waals surface area (Å²) >= 11 is 0. The van der Waals surface area contributed by atoms with E-state index in [0.29, 0.717) is 12.4 Å². The topological polar surface area (TPSA) is 124 Å². The molecule has 224 valence electrons. The summed E-state index contributed by atoms with van der Waals surface area (Å²) in [5.74, 6) is 0.488. The number of methoxy groups -OCH3 is 1. The Balaban J connectivity index is 1.53. The summed E-state index contributed by atoms with van der Waals surface area (Å²) < 4.78 is 50.5. The number of nitrogens with zero attached hydrogens (tertiary/aromatic N) is 1. The number of alkyl carbamates (subject to hydrolysis) is 1. The first-order valence-corrected chi connectivity index (χ1v) is 15.3. The molecule has 2 N–H and O–H groups in total. The summed E-state index contributed by atoms with van der Waals surface area (Å²) in [6.07, 6.45) is -0.0595. The Bertz CT molecular complexity index is 1270. The van der Waals surface area contributed by atoms with E-state index in [2.05, 4.69) is 11.9 Å². The summed E-state index contributed by atoms with van der Waals surface area (Å²) in [5.41, 5.74) is 1.78. The fourth-order valence-corrected chi connectivity index (χ4v) is 6.73. The molecule has 4 rings (SSSR count). The van der Waals surface area contributed by atoms with Crippen molar-refractivity contribution in [3.05, 3.63) is 66.2 Å². The molecule has 41 heavy (non-hydrogen) atoms. The second-order valence-electron chi connectivity index (χ2n) is 10.8. The van der Waals surface area contributed by atoms with Crippen LogP contribution in [0.5, 0.6) is 5.75 Å². The van der Waals surface area contributed by atoms with Crippen LogP contribution in [0.25, 0.3) is 6.08 Å². The van der Waals surface area contributed by atoms with Crippen LogP contribution in [0.3, 0.4) is 0 Å². The summed E-state index contributed by atoms with van der Waals surface area (Å²) in [5, 5.41) is 14.2.